The highest BCUT2D eigenvalue weighted by Crippen LogP contribution is 2.48. The summed E-state index contributed by atoms with van der Waals surface area (Å²) in [5.74, 6) is -2.61. The van der Waals surface area contributed by atoms with E-state index >= 15 is 0 Å². The number of para-hydroxylation sites is 1. The average molecular weight is 570 g/mol. The summed E-state index contributed by atoms with van der Waals surface area (Å²) in [7, 11) is 0. The molecule has 1 aliphatic rings. The monoisotopic (exact) mass is 569 g/mol. The van der Waals surface area contributed by atoms with Gasteiger partial charge < -0.3 is 32.6 Å². The standard InChI is InChI=1S/C29H39N5O5S/c1-28(11-6-3-7-12-28)29(25(37)20(30)10-13-40-2,26(38)21(31)15-24(35)36)17-34-27(39)22(32)14-18-16-33-23-9-5-4-8-19(18)23/h3-9,11,16,20-22,33H,10,12-15,17,30-32H2,1-2H3,(H,34,39)(H,35,36)/t20-,21-,22-,28?,29?/m0/s1. The lowest BCUT2D eigenvalue weighted by Crippen LogP contribution is -2.65. The molecule has 0 saturated carbocycles. The molecule has 1 aliphatic carbocycles. The fraction of sp³-hybridized carbons (Fsp3) is 0.448. The van der Waals surface area contributed by atoms with Crippen molar-refractivity contribution < 1.29 is 24.3 Å². The molecular formula is C29H39N5O5S. The Labute approximate surface area is 238 Å². The van der Waals surface area contributed by atoms with Crippen LogP contribution in [0.5, 0.6) is 0 Å². The first kappa shape index (κ1) is 31.3. The minimum absolute atomic E-state index is 0.219. The van der Waals surface area contributed by atoms with Gasteiger partial charge in [0.25, 0.3) is 0 Å². The molecule has 1 aromatic heterocycles. The van der Waals surface area contributed by atoms with Gasteiger partial charge in [-0.05, 0) is 42.9 Å². The van der Waals surface area contributed by atoms with Crippen LogP contribution in [0.15, 0.2) is 54.8 Å². The predicted molar refractivity (Wildman–Crippen MR) is 158 cm³/mol. The molecule has 0 saturated heterocycles. The second-order valence-electron chi connectivity index (χ2n) is 10.5. The van der Waals surface area contributed by atoms with Crippen LogP contribution >= 0.6 is 11.8 Å². The molecule has 5 atom stereocenters. The SMILES string of the molecule is CSCC[C@H](N)C(=O)C(CNC(=O)[C@@H](N)Cc1c[nH]c2ccccc12)(C(=O)[C@@H](N)CC(=O)O)C1(C)C=CC=CC1. The second-order valence-corrected chi connectivity index (χ2v) is 11.5. The molecule has 10 nitrogen and oxygen atoms in total. The van der Waals surface area contributed by atoms with Gasteiger partial charge in [0.15, 0.2) is 11.6 Å². The minimum atomic E-state index is -1.92. The van der Waals surface area contributed by atoms with E-state index in [1.807, 2.05) is 36.6 Å². The van der Waals surface area contributed by atoms with Crippen LogP contribution in [0.25, 0.3) is 10.9 Å². The number of aliphatic carboxylic acids is 1. The number of H-pyrrole nitrogens is 1. The molecule has 1 heterocycles. The molecule has 2 unspecified atom stereocenters. The van der Waals surface area contributed by atoms with Crippen molar-refractivity contribution in [3.8, 4) is 0 Å². The average Bonchev–Trinajstić information content (AvgIpc) is 3.34. The van der Waals surface area contributed by atoms with Gasteiger partial charge in [0.2, 0.25) is 5.91 Å². The molecule has 1 aromatic carbocycles. The van der Waals surface area contributed by atoms with Crippen molar-refractivity contribution in [3.05, 3.63) is 60.3 Å². The maximum absolute atomic E-state index is 14.2. The Kier molecular flexibility index (Phi) is 10.5. The molecule has 0 radical (unpaired) electrons. The van der Waals surface area contributed by atoms with Crippen LogP contribution in [0, 0.1) is 10.8 Å². The summed E-state index contributed by atoms with van der Waals surface area (Å²) in [6.45, 7) is 1.32. The van der Waals surface area contributed by atoms with Crippen LogP contribution in [0.4, 0.5) is 0 Å². The number of carbonyl (C=O) groups is 4. The van der Waals surface area contributed by atoms with Gasteiger partial charge in [0, 0.05) is 29.1 Å². The first-order valence-corrected chi connectivity index (χ1v) is 14.6. The van der Waals surface area contributed by atoms with Gasteiger partial charge in [-0.25, -0.2) is 0 Å². The number of hydrogen-bond acceptors (Lipinski definition) is 8. The Morgan fingerprint density at radius 3 is 2.45 bits per heavy atom. The molecule has 0 bridgehead atoms. The highest BCUT2D eigenvalue weighted by atomic mass is 32.2. The van der Waals surface area contributed by atoms with Crippen LogP contribution in [-0.4, -0.2) is 70.2 Å². The number of aromatic amines is 1. The number of nitrogens with one attached hydrogen (secondary N) is 2. The normalized spacial score (nSPS) is 20.4. The number of thioether (sulfide) groups is 1. The topological polar surface area (TPSA) is 194 Å². The quantitative estimate of drug-likeness (QED) is 0.173. The zero-order chi connectivity index (χ0) is 29.5. The van der Waals surface area contributed by atoms with E-state index in [-0.39, 0.29) is 12.8 Å². The molecule has 1 amide bonds. The predicted octanol–water partition coefficient (Wildman–Crippen LogP) is 1.68. The van der Waals surface area contributed by atoms with Crippen LogP contribution in [-0.2, 0) is 25.6 Å². The van der Waals surface area contributed by atoms with Crippen molar-refractivity contribution in [2.75, 3.05) is 18.6 Å². The second kappa shape index (κ2) is 13.4. The van der Waals surface area contributed by atoms with Gasteiger partial charge in [0.1, 0.15) is 5.41 Å². The van der Waals surface area contributed by atoms with Crippen molar-refractivity contribution >= 4 is 46.1 Å². The molecule has 11 heteroatoms. The maximum atomic E-state index is 14.2. The van der Waals surface area contributed by atoms with E-state index < -0.39 is 65.4 Å². The summed E-state index contributed by atoms with van der Waals surface area (Å²) in [5.41, 5.74) is 17.5. The van der Waals surface area contributed by atoms with Crippen molar-refractivity contribution in [1.82, 2.24) is 10.3 Å². The molecule has 216 valence electrons. The molecule has 3 rings (SSSR count). The van der Waals surface area contributed by atoms with Crippen molar-refractivity contribution in [1.29, 1.82) is 0 Å². The fourth-order valence-electron chi connectivity index (χ4n) is 5.37. The number of carboxylic acids is 1. The summed E-state index contributed by atoms with van der Waals surface area (Å²) in [6.07, 6.45) is 10.9. The van der Waals surface area contributed by atoms with E-state index in [1.165, 1.54) is 11.8 Å². The fourth-order valence-corrected chi connectivity index (χ4v) is 5.86. The minimum Gasteiger partial charge on any atom is -0.481 e. The summed E-state index contributed by atoms with van der Waals surface area (Å²) in [4.78, 5) is 56.2. The molecule has 40 heavy (non-hydrogen) atoms. The Morgan fingerprint density at radius 1 is 1.10 bits per heavy atom. The number of carboxylic acid groups (broad SMARTS) is 1. The van der Waals surface area contributed by atoms with E-state index in [2.05, 4.69) is 10.3 Å². The van der Waals surface area contributed by atoms with Crippen LogP contribution in [0.3, 0.4) is 0 Å². The lowest BCUT2D eigenvalue weighted by atomic mass is 9.55. The molecule has 0 fully saturated rings. The lowest BCUT2D eigenvalue weighted by molar-refractivity contribution is -0.152. The van der Waals surface area contributed by atoms with Crippen LogP contribution < -0.4 is 22.5 Å². The number of hydrogen-bond donors (Lipinski definition) is 6. The number of Topliss-reactive ketones (excluding diaryl/α,β-unsaturated/α-hetero) is 2. The molecule has 9 N–H and O–H groups in total. The Balaban J connectivity index is 1.97. The Hall–Kier alpha value is -3.25. The van der Waals surface area contributed by atoms with E-state index in [4.69, 9.17) is 17.2 Å². The molecule has 0 aliphatic heterocycles. The van der Waals surface area contributed by atoms with Crippen LogP contribution in [0.2, 0.25) is 0 Å². The molecule has 0 spiro atoms. The number of ketones is 2. The smallest absolute Gasteiger partial charge is 0.305 e. The Bertz CT molecular complexity index is 1310. The number of fused-ring (bicyclic) bond motifs is 1. The van der Waals surface area contributed by atoms with Gasteiger partial charge in [-0.1, -0.05) is 49.4 Å². The zero-order valence-electron chi connectivity index (χ0n) is 22.9. The van der Waals surface area contributed by atoms with Crippen molar-refractivity contribution in [3.63, 3.8) is 0 Å². The summed E-state index contributed by atoms with van der Waals surface area (Å²) in [5, 5.41) is 13.1. The number of benzene rings is 1. The number of rotatable bonds is 15. The van der Waals surface area contributed by atoms with Gasteiger partial charge in [-0.3, -0.25) is 19.2 Å². The van der Waals surface area contributed by atoms with Crippen molar-refractivity contribution in [2.45, 2.75) is 50.7 Å². The maximum Gasteiger partial charge on any atom is 0.305 e. The Morgan fingerprint density at radius 2 is 1.80 bits per heavy atom. The lowest BCUT2D eigenvalue weighted by Gasteiger charge is -2.47. The summed E-state index contributed by atoms with van der Waals surface area (Å²) >= 11 is 1.51. The highest BCUT2D eigenvalue weighted by Gasteiger charge is 2.59. The van der Waals surface area contributed by atoms with E-state index in [0.29, 0.717) is 12.2 Å². The van der Waals surface area contributed by atoms with Gasteiger partial charge >= 0.3 is 5.97 Å². The van der Waals surface area contributed by atoms with Gasteiger partial charge in [-0.2, -0.15) is 11.8 Å². The van der Waals surface area contributed by atoms with Crippen molar-refractivity contribution in [2.24, 2.45) is 28.0 Å². The number of nitrogens with two attached hydrogens (primary N) is 3. The largest absolute Gasteiger partial charge is 0.481 e. The first-order chi connectivity index (χ1) is 19.0. The van der Waals surface area contributed by atoms with E-state index in [0.717, 1.165) is 16.5 Å². The third kappa shape index (κ3) is 6.55. The van der Waals surface area contributed by atoms with Gasteiger partial charge in [-0.15, -0.1) is 0 Å². The van der Waals surface area contributed by atoms with Crippen LogP contribution in [0.1, 0.15) is 31.7 Å². The van der Waals surface area contributed by atoms with E-state index in [9.17, 15) is 24.3 Å². The first-order valence-electron chi connectivity index (χ1n) is 13.2. The molecular weight excluding hydrogens is 530 g/mol. The molecule has 2 aromatic rings. The van der Waals surface area contributed by atoms with Gasteiger partial charge in [0.05, 0.1) is 24.5 Å². The number of amides is 1. The summed E-state index contributed by atoms with van der Waals surface area (Å²) in [6, 6.07) is 4.15. The number of aromatic nitrogens is 1. The number of carbonyl (C=O) groups excluding carboxylic acids is 3. The zero-order valence-corrected chi connectivity index (χ0v) is 23.7. The number of allylic oxidation sites excluding steroid dienone is 4. The highest BCUT2D eigenvalue weighted by molar-refractivity contribution is 7.98. The third-order valence-corrected chi connectivity index (χ3v) is 8.39. The van der Waals surface area contributed by atoms with E-state index in [1.54, 1.807) is 31.3 Å². The summed E-state index contributed by atoms with van der Waals surface area (Å²) < 4.78 is 0. The third-order valence-electron chi connectivity index (χ3n) is 7.75.